The molecule has 23 heavy (non-hydrogen) atoms. The molecule has 2 N–H and O–H groups in total. The average Bonchev–Trinajstić information content (AvgIpc) is 3.04. The Labute approximate surface area is 140 Å². The number of carbonyl (C=O) groups is 1. The summed E-state index contributed by atoms with van der Waals surface area (Å²) in [5.74, 6) is 0. The number of halogens is 1. The molecule has 0 bridgehead atoms. The van der Waals surface area contributed by atoms with Gasteiger partial charge in [-0.3, -0.25) is 4.79 Å². The fourth-order valence-corrected chi connectivity index (χ4v) is 3.18. The molecule has 2 heterocycles. The van der Waals surface area contributed by atoms with E-state index in [0.717, 1.165) is 31.1 Å². The number of nitrogens with zero attached hydrogens (tertiary/aromatic N) is 1. The van der Waals surface area contributed by atoms with Gasteiger partial charge in [0.2, 0.25) is 0 Å². The Morgan fingerprint density at radius 3 is 2.70 bits per heavy atom. The van der Waals surface area contributed by atoms with Crippen LogP contribution in [0.5, 0.6) is 0 Å². The highest BCUT2D eigenvalue weighted by Gasteiger charge is 2.30. The van der Waals surface area contributed by atoms with Gasteiger partial charge in [-0.2, -0.15) is 0 Å². The third kappa shape index (κ3) is 3.96. The van der Waals surface area contributed by atoms with Crippen LogP contribution in [0.1, 0.15) is 40.4 Å². The molecule has 1 fully saturated rings. The Morgan fingerprint density at radius 2 is 2.04 bits per heavy atom. The van der Waals surface area contributed by atoms with E-state index in [9.17, 15) is 9.90 Å². The van der Waals surface area contributed by atoms with Crippen molar-refractivity contribution in [3.63, 3.8) is 0 Å². The maximum Gasteiger partial charge on any atom is 0.150 e. The topological polar surface area (TPSA) is 62.2 Å². The number of aldehydes is 1. The standard InChI is InChI=1S/C18H19ClN2O2/c19-17-8-5-14(10-20-17)18(23)16-7-6-15(21-16)9-12-1-3-13(11-22)4-2-12/h1-5,8,10-11,15-16,18,21,23H,6-7,9H2. The van der Waals surface area contributed by atoms with E-state index >= 15 is 0 Å². The molecule has 1 aromatic heterocycles. The summed E-state index contributed by atoms with van der Waals surface area (Å²) in [6.45, 7) is 0. The van der Waals surface area contributed by atoms with E-state index in [4.69, 9.17) is 11.6 Å². The van der Waals surface area contributed by atoms with Crippen LogP contribution in [0.2, 0.25) is 5.15 Å². The Kier molecular flexibility index (Phi) is 5.06. The maximum atomic E-state index is 10.7. The molecule has 3 unspecified atom stereocenters. The molecule has 120 valence electrons. The number of pyridine rings is 1. The molecular weight excluding hydrogens is 312 g/mol. The number of rotatable bonds is 5. The Hall–Kier alpha value is -1.75. The van der Waals surface area contributed by atoms with Crippen LogP contribution in [-0.2, 0) is 6.42 Å². The van der Waals surface area contributed by atoms with Crippen molar-refractivity contribution in [1.82, 2.24) is 10.3 Å². The largest absolute Gasteiger partial charge is 0.387 e. The van der Waals surface area contributed by atoms with Gasteiger partial charge in [0.25, 0.3) is 0 Å². The lowest BCUT2D eigenvalue weighted by molar-refractivity contribution is 0.112. The SMILES string of the molecule is O=Cc1ccc(CC2CCC(C(O)c3ccc(Cl)nc3)N2)cc1. The quantitative estimate of drug-likeness (QED) is 0.653. The van der Waals surface area contributed by atoms with Crippen molar-refractivity contribution in [3.05, 3.63) is 64.4 Å². The van der Waals surface area contributed by atoms with E-state index in [2.05, 4.69) is 10.3 Å². The van der Waals surface area contributed by atoms with Gasteiger partial charge < -0.3 is 10.4 Å². The third-order valence-electron chi connectivity index (χ3n) is 4.35. The molecule has 0 aliphatic carbocycles. The van der Waals surface area contributed by atoms with E-state index in [1.54, 1.807) is 12.3 Å². The van der Waals surface area contributed by atoms with Crippen molar-refractivity contribution in [3.8, 4) is 0 Å². The van der Waals surface area contributed by atoms with Crippen molar-refractivity contribution in [2.24, 2.45) is 0 Å². The van der Waals surface area contributed by atoms with Gasteiger partial charge in [0.1, 0.15) is 11.4 Å². The average molecular weight is 331 g/mol. The number of nitrogens with one attached hydrogen (secondary N) is 1. The predicted molar refractivity (Wildman–Crippen MR) is 89.7 cm³/mol. The summed E-state index contributed by atoms with van der Waals surface area (Å²) in [7, 11) is 0. The first-order valence-electron chi connectivity index (χ1n) is 7.75. The van der Waals surface area contributed by atoms with E-state index in [1.807, 2.05) is 30.3 Å². The first-order valence-corrected chi connectivity index (χ1v) is 8.13. The summed E-state index contributed by atoms with van der Waals surface area (Å²) in [5, 5.41) is 14.4. The highest BCUT2D eigenvalue weighted by molar-refractivity contribution is 6.29. The van der Waals surface area contributed by atoms with Crippen molar-refractivity contribution in [2.45, 2.75) is 37.5 Å². The lowest BCUT2D eigenvalue weighted by atomic mass is 10.0. The lowest BCUT2D eigenvalue weighted by Gasteiger charge is -2.20. The minimum Gasteiger partial charge on any atom is -0.387 e. The van der Waals surface area contributed by atoms with E-state index in [-0.39, 0.29) is 6.04 Å². The molecule has 1 aliphatic heterocycles. The molecule has 5 heteroatoms. The predicted octanol–water partition coefficient (Wildman–Crippen LogP) is 2.94. The summed E-state index contributed by atoms with van der Waals surface area (Å²) in [5.41, 5.74) is 2.66. The van der Waals surface area contributed by atoms with Crippen LogP contribution < -0.4 is 5.32 Å². The number of aliphatic hydroxyl groups is 1. The van der Waals surface area contributed by atoms with Gasteiger partial charge in [-0.1, -0.05) is 41.9 Å². The molecule has 0 radical (unpaired) electrons. The first kappa shape index (κ1) is 16.1. The van der Waals surface area contributed by atoms with Gasteiger partial charge in [0.15, 0.2) is 0 Å². The van der Waals surface area contributed by atoms with Crippen LogP contribution in [-0.4, -0.2) is 28.5 Å². The smallest absolute Gasteiger partial charge is 0.150 e. The molecule has 3 atom stereocenters. The van der Waals surface area contributed by atoms with E-state index in [0.29, 0.717) is 16.8 Å². The summed E-state index contributed by atoms with van der Waals surface area (Å²) in [6, 6.07) is 11.5. The van der Waals surface area contributed by atoms with Crippen LogP contribution in [0.3, 0.4) is 0 Å². The molecule has 3 rings (SSSR count). The second-order valence-corrected chi connectivity index (χ2v) is 6.36. The van der Waals surface area contributed by atoms with Gasteiger partial charge in [-0.05, 0) is 30.9 Å². The van der Waals surface area contributed by atoms with Gasteiger partial charge in [-0.25, -0.2) is 4.98 Å². The number of hydrogen-bond acceptors (Lipinski definition) is 4. The number of aromatic nitrogens is 1. The summed E-state index contributed by atoms with van der Waals surface area (Å²) < 4.78 is 0. The van der Waals surface area contributed by atoms with Crippen LogP contribution in [0.4, 0.5) is 0 Å². The Balaban J connectivity index is 1.59. The molecule has 4 nitrogen and oxygen atoms in total. The molecule has 1 aromatic carbocycles. The molecular formula is C18H19ClN2O2. The van der Waals surface area contributed by atoms with Crippen LogP contribution in [0.25, 0.3) is 0 Å². The zero-order chi connectivity index (χ0) is 16.2. The van der Waals surface area contributed by atoms with Crippen molar-refractivity contribution in [1.29, 1.82) is 0 Å². The minimum absolute atomic E-state index is 0.0252. The fourth-order valence-electron chi connectivity index (χ4n) is 3.07. The molecule has 0 amide bonds. The normalized spacial score (nSPS) is 22.0. The molecule has 1 saturated heterocycles. The Morgan fingerprint density at radius 1 is 1.26 bits per heavy atom. The number of benzene rings is 1. The molecule has 1 aliphatic rings. The Bertz CT molecular complexity index is 658. The summed E-state index contributed by atoms with van der Waals surface area (Å²) in [4.78, 5) is 14.7. The van der Waals surface area contributed by atoms with Crippen LogP contribution >= 0.6 is 11.6 Å². The number of aliphatic hydroxyl groups excluding tert-OH is 1. The number of hydrogen-bond donors (Lipinski definition) is 2. The van der Waals surface area contributed by atoms with Gasteiger partial charge in [0.05, 0.1) is 6.10 Å². The lowest BCUT2D eigenvalue weighted by Crippen LogP contribution is -2.35. The monoisotopic (exact) mass is 330 g/mol. The number of carbonyl (C=O) groups excluding carboxylic acids is 1. The maximum absolute atomic E-state index is 10.7. The zero-order valence-corrected chi connectivity index (χ0v) is 13.4. The first-order chi connectivity index (χ1) is 11.2. The third-order valence-corrected chi connectivity index (χ3v) is 4.57. The van der Waals surface area contributed by atoms with Crippen molar-refractivity contribution in [2.75, 3.05) is 0 Å². The molecule has 2 aromatic rings. The molecule has 0 spiro atoms. The summed E-state index contributed by atoms with van der Waals surface area (Å²) >= 11 is 5.78. The van der Waals surface area contributed by atoms with Crippen molar-refractivity contribution < 1.29 is 9.90 Å². The highest BCUT2D eigenvalue weighted by atomic mass is 35.5. The van der Waals surface area contributed by atoms with Gasteiger partial charge in [0, 0.05) is 29.4 Å². The highest BCUT2D eigenvalue weighted by Crippen LogP contribution is 2.26. The van der Waals surface area contributed by atoms with Crippen LogP contribution in [0, 0.1) is 0 Å². The zero-order valence-electron chi connectivity index (χ0n) is 12.7. The minimum atomic E-state index is -0.581. The fraction of sp³-hybridized carbons (Fsp3) is 0.333. The van der Waals surface area contributed by atoms with Gasteiger partial charge >= 0.3 is 0 Å². The van der Waals surface area contributed by atoms with E-state index < -0.39 is 6.10 Å². The second-order valence-electron chi connectivity index (χ2n) is 5.97. The van der Waals surface area contributed by atoms with Crippen molar-refractivity contribution >= 4 is 17.9 Å². The van der Waals surface area contributed by atoms with E-state index in [1.165, 1.54) is 5.56 Å². The summed E-state index contributed by atoms with van der Waals surface area (Å²) in [6.07, 6.45) is 4.71. The van der Waals surface area contributed by atoms with Gasteiger partial charge in [-0.15, -0.1) is 0 Å². The second kappa shape index (κ2) is 7.21. The van der Waals surface area contributed by atoms with Crippen LogP contribution in [0.15, 0.2) is 42.6 Å². The molecule has 0 saturated carbocycles.